The van der Waals surface area contributed by atoms with Crippen LogP contribution in [0.15, 0.2) is 30.3 Å². The number of rotatable bonds is 7. The van der Waals surface area contributed by atoms with Crippen LogP contribution in [0.25, 0.3) is 0 Å². The Morgan fingerprint density at radius 3 is 2.32 bits per heavy atom. The van der Waals surface area contributed by atoms with E-state index in [1.54, 1.807) is 0 Å². The molecule has 1 N–H and O–H groups in total. The topological polar surface area (TPSA) is 21.3 Å². The van der Waals surface area contributed by atoms with Crippen molar-refractivity contribution < 1.29 is 4.74 Å². The van der Waals surface area contributed by atoms with Crippen LogP contribution < -0.4 is 5.32 Å². The predicted octanol–water partition coefficient (Wildman–Crippen LogP) is 4.32. The molecule has 2 nitrogen and oxygen atoms in total. The van der Waals surface area contributed by atoms with Crippen LogP contribution in [0, 0.1) is 0 Å². The molecule has 0 spiro atoms. The zero-order valence-electron chi connectivity index (χ0n) is 13.1. The van der Waals surface area contributed by atoms with Gasteiger partial charge >= 0.3 is 0 Å². The lowest BCUT2D eigenvalue weighted by atomic mass is 10.1. The summed E-state index contributed by atoms with van der Waals surface area (Å²) in [5.74, 6) is 0. The van der Waals surface area contributed by atoms with Gasteiger partial charge in [0, 0.05) is 12.1 Å². The van der Waals surface area contributed by atoms with Crippen LogP contribution in [0.1, 0.15) is 59.1 Å². The van der Waals surface area contributed by atoms with Gasteiger partial charge in [-0.25, -0.2) is 0 Å². The molecule has 2 atom stereocenters. The van der Waals surface area contributed by atoms with Crippen molar-refractivity contribution in [3.8, 4) is 0 Å². The summed E-state index contributed by atoms with van der Waals surface area (Å²) in [7, 11) is 0. The fraction of sp³-hybridized carbons (Fsp3) is 0.647. The Hall–Kier alpha value is -0.860. The van der Waals surface area contributed by atoms with Crippen molar-refractivity contribution in [2.75, 3.05) is 6.54 Å². The smallest absolute Gasteiger partial charge is 0.0953 e. The highest BCUT2D eigenvalue weighted by Gasteiger charge is 2.18. The Labute approximate surface area is 118 Å². The molecule has 0 radical (unpaired) electrons. The third-order valence-corrected chi connectivity index (χ3v) is 3.08. The summed E-state index contributed by atoms with van der Waals surface area (Å²) in [6, 6.07) is 10.5. The molecule has 0 saturated carbocycles. The molecule has 19 heavy (non-hydrogen) atoms. The van der Waals surface area contributed by atoms with Gasteiger partial charge in [0.1, 0.15) is 0 Å². The van der Waals surface area contributed by atoms with E-state index < -0.39 is 0 Å². The van der Waals surface area contributed by atoms with Gasteiger partial charge in [0.25, 0.3) is 0 Å². The fourth-order valence-electron chi connectivity index (χ4n) is 2.07. The number of nitrogens with one attached hydrogen (secondary N) is 1. The predicted molar refractivity (Wildman–Crippen MR) is 82.4 cm³/mol. The number of hydrogen-bond donors (Lipinski definition) is 1. The van der Waals surface area contributed by atoms with Crippen molar-refractivity contribution in [1.82, 2.24) is 5.32 Å². The molecule has 108 valence electrons. The zero-order valence-corrected chi connectivity index (χ0v) is 13.1. The van der Waals surface area contributed by atoms with E-state index in [1.165, 1.54) is 5.56 Å². The minimum Gasteiger partial charge on any atom is -0.369 e. The molecule has 0 fully saturated rings. The van der Waals surface area contributed by atoms with E-state index in [4.69, 9.17) is 4.74 Å². The molecule has 0 saturated heterocycles. The Morgan fingerprint density at radius 1 is 1.16 bits per heavy atom. The zero-order chi connectivity index (χ0) is 14.3. The van der Waals surface area contributed by atoms with Gasteiger partial charge in [-0.15, -0.1) is 0 Å². The largest absolute Gasteiger partial charge is 0.369 e. The molecule has 2 heteroatoms. The molecule has 0 aliphatic carbocycles. The average Bonchev–Trinajstić information content (AvgIpc) is 2.35. The lowest BCUT2D eigenvalue weighted by Crippen LogP contribution is -2.39. The average molecular weight is 263 g/mol. The Balaban J connectivity index is 2.68. The van der Waals surface area contributed by atoms with E-state index in [1.807, 2.05) is 6.07 Å². The molecular formula is C17H29NO. The van der Waals surface area contributed by atoms with Gasteiger partial charge in [-0.05, 0) is 39.7 Å². The Bertz CT molecular complexity index is 342. The summed E-state index contributed by atoms with van der Waals surface area (Å²) < 4.78 is 6.21. The SMILES string of the molecule is CCCC(C)OC(CNC(C)(C)C)c1ccccc1. The second-order valence-corrected chi connectivity index (χ2v) is 6.27. The maximum atomic E-state index is 6.21. The second-order valence-electron chi connectivity index (χ2n) is 6.27. The van der Waals surface area contributed by atoms with Crippen molar-refractivity contribution in [2.45, 2.75) is 65.2 Å². The first kappa shape index (κ1) is 16.2. The van der Waals surface area contributed by atoms with E-state index in [0.29, 0.717) is 6.10 Å². The Morgan fingerprint density at radius 2 is 1.79 bits per heavy atom. The van der Waals surface area contributed by atoms with Crippen LogP contribution in [-0.2, 0) is 4.74 Å². The number of ether oxygens (including phenoxy) is 1. The normalized spacial score (nSPS) is 15.2. The summed E-state index contributed by atoms with van der Waals surface area (Å²) in [6.07, 6.45) is 2.70. The van der Waals surface area contributed by atoms with Crippen molar-refractivity contribution in [1.29, 1.82) is 0 Å². The second kappa shape index (κ2) is 7.66. The summed E-state index contributed by atoms with van der Waals surface area (Å²) >= 11 is 0. The first-order chi connectivity index (χ1) is 8.92. The first-order valence-corrected chi connectivity index (χ1v) is 7.38. The monoisotopic (exact) mass is 263 g/mol. The third-order valence-electron chi connectivity index (χ3n) is 3.08. The molecule has 0 aliphatic rings. The molecule has 1 aromatic carbocycles. The maximum Gasteiger partial charge on any atom is 0.0953 e. The van der Waals surface area contributed by atoms with Gasteiger partial charge in [-0.1, -0.05) is 43.7 Å². The van der Waals surface area contributed by atoms with Gasteiger partial charge in [-0.2, -0.15) is 0 Å². The van der Waals surface area contributed by atoms with E-state index in [0.717, 1.165) is 19.4 Å². The van der Waals surface area contributed by atoms with E-state index in [-0.39, 0.29) is 11.6 Å². The fourth-order valence-corrected chi connectivity index (χ4v) is 2.07. The highest BCUT2D eigenvalue weighted by molar-refractivity contribution is 5.18. The number of hydrogen-bond acceptors (Lipinski definition) is 2. The lowest BCUT2D eigenvalue weighted by Gasteiger charge is -2.28. The summed E-state index contributed by atoms with van der Waals surface area (Å²) in [4.78, 5) is 0. The van der Waals surface area contributed by atoms with Gasteiger partial charge in [0.15, 0.2) is 0 Å². The molecule has 2 unspecified atom stereocenters. The van der Waals surface area contributed by atoms with Crippen LogP contribution in [0.4, 0.5) is 0 Å². The van der Waals surface area contributed by atoms with E-state index >= 15 is 0 Å². The van der Waals surface area contributed by atoms with Crippen LogP contribution in [-0.4, -0.2) is 18.2 Å². The van der Waals surface area contributed by atoms with Crippen molar-refractivity contribution >= 4 is 0 Å². The summed E-state index contributed by atoms with van der Waals surface area (Å²) in [5, 5.41) is 3.54. The lowest BCUT2D eigenvalue weighted by molar-refractivity contribution is -0.00993. The van der Waals surface area contributed by atoms with Crippen LogP contribution in [0.5, 0.6) is 0 Å². The standard InChI is InChI=1S/C17H29NO/c1-6-10-14(2)19-16(13-18-17(3,4)5)15-11-8-7-9-12-15/h7-9,11-12,14,16,18H,6,10,13H2,1-5H3. The van der Waals surface area contributed by atoms with Crippen molar-refractivity contribution in [2.24, 2.45) is 0 Å². The van der Waals surface area contributed by atoms with Crippen molar-refractivity contribution in [3.05, 3.63) is 35.9 Å². The van der Waals surface area contributed by atoms with Gasteiger partial charge in [0.05, 0.1) is 12.2 Å². The van der Waals surface area contributed by atoms with Gasteiger partial charge < -0.3 is 10.1 Å². The molecule has 1 aromatic rings. The quantitative estimate of drug-likeness (QED) is 0.791. The van der Waals surface area contributed by atoms with Crippen LogP contribution >= 0.6 is 0 Å². The summed E-state index contributed by atoms with van der Waals surface area (Å²) in [5.41, 5.74) is 1.37. The molecule has 1 rings (SSSR count). The Kier molecular flexibility index (Phi) is 6.53. The van der Waals surface area contributed by atoms with Crippen LogP contribution in [0.2, 0.25) is 0 Å². The first-order valence-electron chi connectivity index (χ1n) is 7.38. The van der Waals surface area contributed by atoms with Crippen LogP contribution in [0.3, 0.4) is 0 Å². The molecule has 0 heterocycles. The molecule has 0 aromatic heterocycles. The minimum absolute atomic E-state index is 0.115. The molecular weight excluding hydrogens is 234 g/mol. The van der Waals surface area contributed by atoms with Crippen molar-refractivity contribution in [3.63, 3.8) is 0 Å². The number of benzene rings is 1. The molecule has 0 bridgehead atoms. The summed E-state index contributed by atoms with van der Waals surface area (Å²) in [6.45, 7) is 11.8. The highest BCUT2D eigenvalue weighted by atomic mass is 16.5. The molecule has 0 amide bonds. The highest BCUT2D eigenvalue weighted by Crippen LogP contribution is 2.20. The van der Waals surface area contributed by atoms with Gasteiger partial charge in [-0.3, -0.25) is 0 Å². The van der Waals surface area contributed by atoms with Gasteiger partial charge in [0.2, 0.25) is 0 Å². The van der Waals surface area contributed by atoms with E-state index in [2.05, 4.69) is 64.2 Å². The molecule has 0 aliphatic heterocycles. The third kappa shape index (κ3) is 6.74. The minimum atomic E-state index is 0.115. The maximum absolute atomic E-state index is 6.21. The van der Waals surface area contributed by atoms with E-state index in [9.17, 15) is 0 Å².